The van der Waals surface area contributed by atoms with Gasteiger partial charge in [-0.05, 0) is 47.5 Å². The summed E-state index contributed by atoms with van der Waals surface area (Å²) in [5, 5.41) is 20.8. The van der Waals surface area contributed by atoms with Crippen LogP contribution in [-0.4, -0.2) is 75.4 Å². The molecule has 3 heterocycles. The summed E-state index contributed by atoms with van der Waals surface area (Å²) in [6, 6.07) is 14.2. The molecule has 1 amide bonds. The Balaban J connectivity index is 1.36. The molecular formula is C31H27F3N4O5. The first-order chi connectivity index (χ1) is 20.6. The molecular weight excluding hydrogens is 565 g/mol. The highest BCUT2D eigenvalue weighted by Crippen LogP contribution is 2.35. The van der Waals surface area contributed by atoms with E-state index in [0.717, 1.165) is 23.3 Å². The molecule has 9 nitrogen and oxygen atoms in total. The molecule has 4 aromatic rings. The number of rotatable bonds is 6. The number of benzene rings is 3. The highest BCUT2D eigenvalue weighted by Gasteiger charge is 2.31. The molecule has 12 heteroatoms. The molecule has 0 bridgehead atoms. The summed E-state index contributed by atoms with van der Waals surface area (Å²) < 4.78 is 45.3. The Hall–Kier alpha value is -4.68. The molecule has 1 saturated heterocycles. The van der Waals surface area contributed by atoms with E-state index in [1.165, 1.54) is 30.3 Å². The number of carbonyl (C=O) groups is 2. The van der Waals surface area contributed by atoms with E-state index >= 15 is 0 Å². The second-order valence-electron chi connectivity index (χ2n) is 10.5. The molecule has 222 valence electrons. The van der Waals surface area contributed by atoms with E-state index in [4.69, 9.17) is 9.73 Å². The Bertz CT molecular complexity index is 1740. The van der Waals surface area contributed by atoms with Crippen molar-refractivity contribution >= 4 is 34.2 Å². The fourth-order valence-electron chi connectivity index (χ4n) is 5.44. The van der Waals surface area contributed by atoms with Crippen LogP contribution in [0.15, 0.2) is 65.7 Å². The number of nitrogens with one attached hydrogen (secondary N) is 1. The van der Waals surface area contributed by atoms with Crippen LogP contribution in [-0.2, 0) is 28.8 Å². The lowest BCUT2D eigenvalue weighted by atomic mass is 9.98. The first-order valence-electron chi connectivity index (χ1n) is 13.6. The van der Waals surface area contributed by atoms with Crippen LogP contribution in [0.4, 0.5) is 18.9 Å². The van der Waals surface area contributed by atoms with Crippen molar-refractivity contribution in [1.82, 2.24) is 14.8 Å². The van der Waals surface area contributed by atoms with Crippen LogP contribution < -0.4 is 0 Å². The van der Waals surface area contributed by atoms with Crippen LogP contribution in [0.25, 0.3) is 10.9 Å². The summed E-state index contributed by atoms with van der Waals surface area (Å²) in [6.45, 7) is 3.78. The van der Waals surface area contributed by atoms with Gasteiger partial charge in [-0.1, -0.05) is 24.3 Å². The molecule has 2 aliphatic rings. The summed E-state index contributed by atoms with van der Waals surface area (Å²) in [5.41, 5.74) is 2.58. The number of hydrogen-bond acceptors (Lipinski definition) is 6. The van der Waals surface area contributed by atoms with Gasteiger partial charge in [0.2, 0.25) is 5.91 Å². The van der Waals surface area contributed by atoms with Gasteiger partial charge in [-0.25, -0.2) is 9.79 Å². The van der Waals surface area contributed by atoms with E-state index in [0.29, 0.717) is 68.1 Å². The lowest BCUT2D eigenvalue weighted by Crippen LogP contribution is -2.43. The number of halogens is 3. The summed E-state index contributed by atoms with van der Waals surface area (Å²) in [7, 11) is 0. The van der Waals surface area contributed by atoms with Gasteiger partial charge in [-0.15, -0.1) is 0 Å². The number of aromatic amines is 1. The fraction of sp³-hybridized carbons (Fsp3) is 0.258. The highest BCUT2D eigenvalue weighted by atomic mass is 19.4. The van der Waals surface area contributed by atoms with Crippen molar-refractivity contribution in [3.8, 4) is 5.88 Å². The zero-order valence-electron chi connectivity index (χ0n) is 22.8. The minimum absolute atomic E-state index is 0.000312. The Kier molecular flexibility index (Phi) is 7.40. The van der Waals surface area contributed by atoms with Crippen LogP contribution in [0, 0.1) is 0 Å². The molecule has 43 heavy (non-hydrogen) atoms. The summed E-state index contributed by atoms with van der Waals surface area (Å²) in [6.07, 6.45) is -4.53. The molecule has 0 aliphatic carbocycles. The standard InChI is InChI=1S/C31H27F3N4O5/c32-31(33,34)22-5-1-18(2-6-22)28(27-24-8-4-19(30(41)42)14-25(24)36-29(27)40)35-23-7-3-20-15-38(16-21(20)13-23)26(39)17-37-9-11-43-12-10-37/h1-8,13-14,36,40H,9-12,15-17H2,(H,41,42). The number of morpholine rings is 1. The number of aromatic nitrogens is 1. The SMILES string of the molecule is O=C(O)c1ccc2c(C(=Nc3ccc4c(c3)CN(C(=O)CN3CCOCC3)C4)c3ccc(C(F)(F)F)cc3)c(O)[nH]c2c1. The zero-order chi connectivity index (χ0) is 30.3. The predicted octanol–water partition coefficient (Wildman–Crippen LogP) is 4.93. The number of aliphatic imine (C=N–C) groups is 1. The van der Waals surface area contributed by atoms with E-state index in [2.05, 4.69) is 9.88 Å². The van der Waals surface area contributed by atoms with Crippen molar-refractivity contribution in [3.05, 3.63) is 94.0 Å². The van der Waals surface area contributed by atoms with Crippen molar-refractivity contribution in [2.45, 2.75) is 19.3 Å². The van der Waals surface area contributed by atoms with Gasteiger partial charge in [-0.2, -0.15) is 13.2 Å². The normalized spacial score (nSPS) is 16.1. The van der Waals surface area contributed by atoms with Gasteiger partial charge in [0, 0.05) is 42.6 Å². The maximum Gasteiger partial charge on any atom is 0.416 e. The summed E-state index contributed by atoms with van der Waals surface area (Å²) >= 11 is 0. The minimum Gasteiger partial charge on any atom is -0.494 e. The first kappa shape index (κ1) is 28.4. The number of carboxylic acids is 1. The zero-order valence-corrected chi connectivity index (χ0v) is 22.8. The molecule has 0 spiro atoms. The van der Waals surface area contributed by atoms with E-state index in [1.807, 2.05) is 12.1 Å². The number of aromatic hydroxyl groups is 1. The van der Waals surface area contributed by atoms with Gasteiger partial charge in [0.05, 0.1) is 47.8 Å². The van der Waals surface area contributed by atoms with Gasteiger partial charge in [0.1, 0.15) is 0 Å². The Morgan fingerprint density at radius 1 is 0.930 bits per heavy atom. The second-order valence-corrected chi connectivity index (χ2v) is 10.5. The number of nitrogens with zero attached hydrogens (tertiary/aromatic N) is 3. The molecule has 0 atom stereocenters. The Morgan fingerprint density at radius 3 is 2.33 bits per heavy atom. The number of alkyl halides is 3. The summed E-state index contributed by atoms with van der Waals surface area (Å²) in [5.74, 6) is -1.44. The highest BCUT2D eigenvalue weighted by molar-refractivity contribution is 6.22. The molecule has 0 unspecified atom stereocenters. The van der Waals surface area contributed by atoms with Gasteiger partial charge >= 0.3 is 12.1 Å². The maximum absolute atomic E-state index is 13.3. The van der Waals surface area contributed by atoms with Crippen LogP contribution in [0.2, 0.25) is 0 Å². The van der Waals surface area contributed by atoms with Crippen LogP contribution >= 0.6 is 0 Å². The van der Waals surface area contributed by atoms with E-state index < -0.39 is 17.7 Å². The number of H-pyrrole nitrogens is 1. The molecule has 0 saturated carbocycles. The third kappa shape index (κ3) is 5.84. The monoisotopic (exact) mass is 592 g/mol. The number of fused-ring (bicyclic) bond motifs is 2. The number of ether oxygens (including phenoxy) is 1. The van der Waals surface area contributed by atoms with Crippen molar-refractivity contribution in [2.24, 2.45) is 4.99 Å². The molecule has 3 aromatic carbocycles. The number of carboxylic acid groups (broad SMARTS) is 1. The Labute approximate surface area is 243 Å². The maximum atomic E-state index is 13.3. The number of aromatic carboxylic acids is 1. The number of amides is 1. The van der Waals surface area contributed by atoms with Gasteiger partial charge in [0.25, 0.3) is 0 Å². The molecule has 6 rings (SSSR count). The smallest absolute Gasteiger partial charge is 0.416 e. The largest absolute Gasteiger partial charge is 0.494 e. The van der Waals surface area contributed by atoms with E-state index in [1.54, 1.807) is 11.0 Å². The van der Waals surface area contributed by atoms with Gasteiger partial charge in [-0.3, -0.25) is 9.69 Å². The Morgan fingerprint density at radius 2 is 1.63 bits per heavy atom. The molecule has 0 radical (unpaired) electrons. The quantitative estimate of drug-likeness (QED) is 0.273. The first-order valence-corrected chi connectivity index (χ1v) is 13.6. The van der Waals surface area contributed by atoms with Gasteiger partial charge in [0.15, 0.2) is 5.88 Å². The van der Waals surface area contributed by atoms with Gasteiger partial charge < -0.3 is 24.8 Å². The van der Waals surface area contributed by atoms with Crippen molar-refractivity contribution in [1.29, 1.82) is 0 Å². The molecule has 2 aliphatic heterocycles. The molecule has 1 fully saturated rings. The molecule has 3 N–H and O–H groups in total. The summed E-state index contributed by atoms with van der Waals surface area (Å²) in [4.78, 5) is 35.8. The fourth-order valence-corrected chi connectivity index (χ4v) is 5.44. The van der Waals surface area contributed by atoms with Crippen molar-refractivity contribution < 1.29 is 37.7 Å². The average molecular weight is 593 g/mol. The average Bonchev–Trinajstić information content (AvgIpc) is 3.55. The molecule has 1 aromatic heterocycles. The van der Waals surface area contributed by atoms with E-state index in [-0.39, 0.29) is 28.6 Å². The second kappa shape index (κ2) is 11.2. The third-order valence-electron chi connectivity index (χ3n) is 7.72. The topological polar surface area (TPSA) is 118 Å². The van der Waals surface area contributed by atoms with E-state index in [9.17, 15) is 33.0 Å². The predicted molar refractivity (Wildman–Crippen MR) is 152 cm³/mol. The number of carbonyl (C=O) groups excluding carboxylic acids is 1. The lowest BCUT2D eigenvalue weighted by Gasteiger charge is -2.27. The lowest BCUT2D eigenvalue weighted by molar-refractivity contribution is -0.137. The van der Waals surface area contributed by atoms with Crippen molar-refractivity contribution in [3.63, 3.8) is 0 Å². The van der Waals surface area contributed by atoms with Crippen LogP contribution in [0.5, 0.6) is 5.88 Å². The third-order valence-corrected chi connectivity index (χ3v) is 7.72. The number of hydrogen-bond donors (Lipinski definition) is 3. The van der Waals surface area contributed by atoms with Crippen LogP contribution in [0.3, 0.4) is 0 Å². The minimum atomic E-state index is -4.53. The van der Waals surface area contributed by atoms with Crippen LogP contribution in [0.1, 0.15) is 38.2 Å². The van der Waals surface area contributed by atoms with Crippen molar-refractivity contribution in [2.75, 3.05) is 32.8 Å².